The van der Waals surface area contributed by atoms with Crippen LogP contribution in [-0.2, 0) is 11.3 Å². The Morgan fingerprint density at radius 3 is 2.63 bits per heavy atom. The minimum atomic E-state index is -0.389. The molecule has 0 fully saturated rings. The third-order valence-corrected chi connectivity index (χ3v) is 6.34. The summed E-state index contributed by atoms with van der Waals surface area (Å²) in [6.07, 6.45) is 0. The van der Waals surface area contributed by atoms with Crippen LogP contribution in [0, 0.1) is 5.82 Å². The fraction of sp³-hybridized carbons (Fsp3) is 0.136. The lowest BCUT2D eigenvalue weighted by Gasteiger charge is -2.17. The molecule has 0 atom stereocenters. The zero-order valence-electron chi connectivity index (χ0n) is 16.1. The van der Waals surface area contributed by atoms with Crippen LogP contribution >= 0.6 is 23.1 Å². The summed E-state index contributed by atoms with van der Waals surface area (Å²) in [5.41, 5.74) is 0.804. The van der Waals surface area contributed by atoms with Crippen molar-refractivity contribution in [3.63, 3.8) is 0 Å². The monoisotopic (exact) mass is 439 g/mol. The van der Waals surface area contributed by atoms with Gasteiger partial charge in [0.15, 0.2) is 5.16 Å². The normalized spacial score (nSPS) is 11.0. The molecule has 8 heteroatoms. The summed E-state index contributed by atoms with van der Waals surface area (Å²) in [4.78, 5) is 33.1. The number of nitrogens with zero attached hydrogens (tertiary/aromatic N) is 3. The van der Waals surface area contributed by atoms with E-state index < -0.39 is 0 Å². The van der Waals surface area contributed by atoms with E-state index in [1.807, 2.05) is 23.6 Å². The van der Waals surface area contributed by atoms with Crippen LogP contribution in [0.15, 0.2) is 76.0 Å². The number of amides is 1. The summed E-state index contributed by atoms with van der Waals surface area (Å²) < 4.78 is 14.8. The largest absolute Gasteiger partial charge is 0.340 e. The van der Waals surface area contributed by atoms with Gasteiger partial charge in [-0.05, 0) is 47.8 Å². The molecule has 0 N–H and O–H groups in total. The van der Waals surface area contributed by atoms with E-state index in [0.717, 1.165) is 4.88 Å². The van der Waals surface area contributed by atoms with Gasteiger partial charge in [0.25, 0.3) is 5.56 Å². The van der Waals surface area contributed by atoms with Gasteiger partial charge < -0.3 is 4.90 Å². The summed E-state index contributed by atoms with van der Waals surface area (Å²) in [6, 6.07) is 16.6. The van der Waals surface area contributed by atoms with Crippen LogP contribution in [0.5, 0.6) is 0 Å². The minimum absolute atomic E-state index is 0.0681. The van der Waals surface area contributed by atoms with Gasteiger partial charge in [-0.2, -0.15) is 0 Å². The van der Waals surface area contributed by atoms with Crippen molar-refractivity contribution in [2.24, 2.45) is 0 Å². The second-order valence-electron chi connectivity index (χ2n) is 6.65. The lowest BCUT2D eigenvalue weighted by Crippen LogP contribution is -2.28. The van der Waals surface area contributed by atoms with Crippen LogP contribution in [0.4, 0.5) is 4.39 Å². The van der Waals surface area contributed by atoms with Gasteiger partial charge in [0.05, 0.1) is 28.9 Å². The van der Waals surface area contributed by atoms with Crippen LogP contribution < -0.4 is 5.56 Å². The Morgan fingerprint density at radius 2 is 1.90 bits per heavy atom. The molecule has 0 aliphatic carbocycles. The number of benzene rings is 2. The van der Waals surface area contributed by atoms with Crippen molar-refractivity contribution in [2.75, 3.05) is 12.8 Å². The van der Waals surface area contributed by atoms with Crippen LogP contribution in [0.2, 0.25) is 0 Å². The first-order valence-electron chi connectivity index (χ1n) is 9.20. The van der Waals surface area contributed by atoms with Crippen LogP contribution in [-0.4, -0.2) is 33.2 Å². The maximum absolute atomic E-state index is 13.4. The maximum atomic E-state index is 13.4. The zero-order chi connectivity index (χ0) is 21.1. The molecule has 152 valence electrons. The average molecular weight is 440 g/mol. The Morgan fingerprint density at radius 1 is 1.13 bits per heavy atom. The SMILES string of the molecule is CN(Cc1cccs1)C(=O)CSc1nc2ccccc2c(=O)n1-c1ccc(F)cc1. The predicted molar refractivity (Wildman–Crippen MR) is 119 cm³/mol. The van der Waals surface area contributed by atoms with Crippen molar-refractivity contribution in [2.45, 2.75) is 11.7 Å². The van der Waals surface area contributed by atoms with E-state index in [-0.39, 0.29) is 23.0 Å². The molecule has 2 aromatic heterocycles. The van der Waals surface area contributed by atoms with Crippen molar-refractivity contribution in [1.29, 1.82) is 0 Å². The number of hydrogen-bond acceptors (Lipinski definition) is 5. The van der Waals surface area contributed by atoms with Gasteiger partial charge in [0.2, 0.25) is 5.91 Å². The molecule has 2 aromatic carbocycles. The first-order chi connectivity index (χ1) is 14.5. The van der Waals surface area contributed by atoms with Gasteiger partial charge in [-0.15, -0.1) is 11.3 Å². The van der Waals surface area contributed by atoms with Crippen molar-refractivity contribution in [3.05, 3.63) is 87.1 Å². The Kier molecular flexibility index (Phi) is 5.96. The standard InChI is InChI=1S/C22H18FN3O2S2/c1-25(13-17-5-4-12-29-17)20(27)14-30-22-24-19-7-3-2-6-18(19)21(28)26(22)16-10-8-15(23)9-11-16/h2-12H,13-14H2,1H3. The number of carbonyl (C=O) groups is 1. The Balaban J connectivity index is 1.65. The number of para-hydroxylation sites is 1. The highest BCUT2D eigenvalue weighted by Crippen LogP contribution is 2.22. The van der Waals surface area contributed by atoms with Gasteiger partial charge >= 0.3 is 0 Å². The van der Waals surface area contributed by atoms with E-state index in [2.05, 4.69) is 4.98 Å². The number of halogens is 1. The van der Waals surface area contributed by atoms with Crippen LogP contribution in [0.1, 0.15) is 4.88 Å². The van der Waals surface area contributed by atoms with E-state index in [1.54, 1.807) is 41.5 Å². The molecule has 2 heterocycles. The van der Waals surface area contributed by atoms with Gasteiger partial charge in [-0.3, -0.25) is 14.2 Å². The summed E-state index contributed by atoms with van der Waals surface area (Å²) >= 11 is 2.79. The molecule has 0 aliphatic rings. The molecule has 0 saturated carbocycles. The lowest BCUT2D eigenvalue weighted by molar-refractivity contribution is -0.127. The lowest BCUT2D eigenvalue weighted by atomic mass is 10.2. The number of fused-ring (bicyclic) bond motifs is 1. The molecular weight excluding hydrogens is 421 g/mol. The summed E-state index contributed by atoms with van der Waals surface area (Å²) in [5, 5.41) is 2.83. The van der Waals surface area contributed by atoms with E-state index in [0.29, 0.717) is 28.3 Å². The molecule has 0 saturated heterocycles. The smallest absolute Gasteiger partial charge is 0.266 e. The van der Waals surface area contributed by atoms with Crippen molar-refractivity contribution in [1.82, 2.24) is 14.5 Å². The molecule has 30 heavy (non-hydrogen) atoms. The number of hydrogen-bond donors (Lipinski definition) is 0. The summed E-state index contributed by atoms with van der Waals surface area (Å²) in [5.74, 6) is -0.324. The Bertz CT molecular complexity index is 1240. The number of thioether (sulfide) groups is 1. The molecule has 0 aliphatic heterocycles. The zero-order valence-corrected chi connectivity index (χ0v) is 17.8. The molecule has 4 aromatic rings. The van der Waals surface area contributed by atoms with Crippen molar-refractivity contribution < 1.29 is 9.18 Å². The molecule has 0 unspecified atom stereocenters. The Hall–Kier alpha value is -2.97. The van der Waals surface area contributed by atoms with Gasteiger partial charge in [-0.1, -0.05) is 30.0 Å². The topological polar surface area (TPSA) is 55.2 Å². The summed E-state index contributed by atoms with van der Waals surface area (Å²) in [7, 11) is 1.75. The van der Waals surface area contributed by atoms with E-state index >= 15 is 0 Å². The molecular formula is C22H18FN3O2S2. The fourth-order valence-electron chi connectivity index (χ4n) is 2.99. The van der Waals surface area contributed by atoms with Crippen molar-refractivity contribution >= 4 is 39.9 Å². The molecule has 0 radical (unpaired) electrons. The summed E-state index contributed by atoms with van der Waals surface area (Å²) in [6.45, 7) is 0.535. The van der Waals surface area contributed by atoms with Gasteiger partial charge in [-0.25, -0.2) is 9.37 Å². The average Bonchev–Trinajstić information content (AvgIpc) is 3.26. The third-order valence-electron chi connectivity index (χ3n) is 4.55. The molecule has 5 nitrogen and oxygen atoms in total. The highest BCUT2D eigenvalue weighted by atomic mass is 32.2. The molecule has 1 amide bonds. The third kappa shape index (κ3) is 4.29. The van der Waals surface area contributed by atoms with Crippen LogP contribution in [0.25, 0.3) is 16.6 Å². The van der Waals surface area contributed by atoms with Gasteiger partial charge in [0, 0.05) is 11.9 Å². The maximum Gasteiger partial charge on any atom is 0.266 e. The number of carbonyl (C=O) groups excluding carboxylic acids is 1. The first kappa shape index (κ1) is 20.3. The second-order valence-corrected chi connectivity index (χ2v) is 8.62. The van der Waals surface area contributed by atoms with E-state index in [1.165, 1.54) is 40.6 Å². The quantitative estimate of drug-likeness (QED) is 0.331. The minimum Gasteiger partial charge on any atom is -0.340 e. The van der Waals surface area contributed by atoms with E-state index in [4.69, 9.17) is 0 Å². The van der Waals surface area contributed by atoms with Crippen molar-refractivity contribution in [3.8, 4) is 5.69 Å². The first-order valence-corrected chi connectivity index (χ1v) is 11.1. The number of aromatic nitrogens is 2. The fourth-order valence-corrected chi connectivity index (χ4v) is 4.70. The van der Waals surface area contributed by atoms with Gasteiger partial charge in [0.1, 0.15) is 5.82 Å². The highest BCUT2D eigenvalue weighted by molar-refractivity contribution is 7.99. The highest BCUT2D eigenvalue weighted by Gasteiger charge is 2.16. The van der Waals surface area contributed by atoms with Crippen LogP contribution in [0.3, 0.4) is 0 Å². The van der Waals surface area contributed by atoms with E-state index in [9.17, 15) is 14.0 Å². The number of thiophene rings is 1. The predicted octanol–water partition coefficient (Wildman–Crippen LogP) is 4.34. The Labute approximate surface area is 180 Å². The number of rotatable bonds is 6. The molecule has 4 rings (SSSR count). The molecule has 0 spiro atoms. The second kappa shape index (κ2) is 8.81. The molecule has 0 bridgehead atoms.